The molecule has 2 rings (SSSR count). The van der Waals surface area contributed by atoms with E-state index in [1.807, 2.05) is 12.1 Å². The van der Waals surface area contributed by atoms with Crippen molar-refractivity contribution in [2.75, 3.05) is 0 Å². The van der Waals surface area contributed by atoms with E-state index in [-0.39, 0.29) is 11.3 Å². The number of hydrogen-bond donors (Lipinski definition) is 1. The largest absolute Gasteiger partial charge is 0.313 e. The van der Waals surface area contributed by atoms with Crippen molar-refractivity contribution in [1.82, 2.24) is 4.98 Å². The van der Waals surface area contributed by atoms with Gasteiger partial charge in [0.1, 0.15) is 11.8 Å². The van der Waals surface area contributed by atoms with Gasteiger partial charge in [0.2, 0.25) is 0 Å². The van der Waals surface area contributed by atoms with E-state index in [0.29, 0.717) is 5.39 Å². The highest BCUT2D eigenvalue weighted by Gasteiger charge is 2.01. The third kappa shape index (κ3) is 1.42. The lowest BCUT2D eigenvalue weighted by molar-refractivity contribution is 1.22. The molecule has 0 unspecified atom stereocenters. The van der Waals surface area contributed by atoms with Gasteiger partial charge in [-0.05, 0) is 23.6 Å². The van der Waals surface area contributed by atoms with Crippen molar-refractivity contribution in [3.63, 3.8) is 0 Å². The first-order valence-electron chi connectivity index (χ1n) is 3.93. The molecule has 1 aromatic heterocycles. The zero-order valence-electron chi connectivity index (χ0n) is 7.04. The third-order valence-corrected chi connectivity index (χ3v) is 2.42. The molecule has 0 aliphatic rings. The van der Waals surface area contributed by atoms with E-state index in [9.17, 15) is 4.79 Å². The fraction of sp³-hybridized carbons (Fsp3) is 0. The molecule has 0 atom stereocenters. The van der Waals surface area contributed by atoms with Gasteiger partial charge in [0.25, 0.3) is 5.56 Å². The summed E-state index contributed by atoms with van der Waals surface area (Å²) in [7, 11) is 0. The predicted molar refractivity (Wildman–Crippen MR) is 57.0 cm³/mol. The first-order chi connectivity index (χ1) is 6.70. The van der Waals surface area contributed by atoms with Crippen LogP contribution in [0.1, 0.15) is 5.69 Å². The molecule has 0 bridgehead atoms. The molecule has 0 spiro atoms. The van der Waals surface area contributed by atoms with Crippen LogP contribution in [0.25, 0.3) is 10.8 Å². The Morgan fingerprint density at radius 2 is 2.14 bits per heavy atom. The molecule has 3 nitrogen and oxygen atoms in total. The molecule has 1 N–H and O–H groups in total. The fourth-order valence-corrected chi connectivity index (χ4v) is 1.65. The summed E-state index contributed by atoms with van der Waals surface area (Å²) < 4.78 is 0.847. The summed E-state index contributed by atoms with van der Waals surface area (Å²) in [5.41, 5.74) is 0.0465. The van der Waals surface area contributed by atoms with Crippen molar-refractivity contribution in [3.05, 3.63) is 44.8 Å². The summed E-state index contributed by atoms with van der Waals surface area (Å²) in [6.07, 6.45) is 0. The van der Waals surface area contributed by atoms with Gasteiger partial charge in [-0.25, -0.2) is 0 Å². The molecule has 0 saturated heterocycles. The number of nitriles is 1. The molecule has 14 heavy (non-hydrogen) atoms. The predicted octanol–water partition coefficient (Wildman–Crippen LogP) is 2.16. The Hall–Kier alpha value is -1.60. The van der Waals surface area contributed by atoms with Crippen molar-refractivity contribution >= 4 is 26.7 Å². The quantitative estimate of drug-likeness (QED) is 0.777. The summed E-state index contributed by atoms with van der Waals surface area (Å²) >= 11 is 3.28. The van der Waals surface area contributed by atoms with Crippen LogP contribution in [0.5, 0.6) is 0 Å². The van der Waals surface area contributed by atoms with Crippen LogP contribution in [0.4, 0.5) is 0 Å². The molecule has 0 fully saturated rings. The van der Waals surface area contributed by atoms with E-state index in [0.717, 1.165) is 9.86 Å². The minimum atomic E-state index is -0.236. The monoisotopic (exact) mass is 248 g/mol. The summed E-state index contributed by atoms with van der Waals surface area (Å²) in [4.78, 5) is 14.0. The van der Waals surface area contributed by atoms with Gasteiger partial charge >= 0.3 is 0 Å². The maximum atomic E-state index is 11.5. The Bertz CT molecular complexity index is 595. The van der Waals surface area contributed by atoms with Crippen LogP contribution in [-0.2, 0) is 0 Å². The molecule has 1 aromatic carbocycles. The van der Waals surface area contributed by atoms with Gasteiger partial charge in [0.05, 0.1) is 0 Å². The highest BCUT2D eigenvalue weighted by atomic mass is 79.9. The number of pyridine rings is 1. The smallest absolute Gasteiger partial charge is 0.256 e. The standard InChI is InChI=1S/C10H5BrN2O/c11-7-2-1-6-3-8(5-12)13-10(14)9(6)4-7/h1-4H,(H,13,14). The van der Waals surface area contributed by atoms with Crippen LogP contribution < -0.4 is 5.56 Å². The summed E-state index contributed by atoms with van der Waals surface area (Å²) in [6, 6.07) is 8.93. The molecule has 0 aliphatic carbocycles. The van der Waals surface area contributed by atoms with E-state index in [4.69, 9.17) is 5.26 Å². The first-order valence-corrected chi connectivity index (χ1v) is 4.73. The van der Waals surface area contributed by atoms with Gasteiger partial charge in [0.15, 0.2) is 0 Å². The molecule has 1 heterocycles. The molecule has 0 amide bonds. The van der Waals surface area contributed by atoms with Gasteiger partial charge < -0.3 is 4.98 Å². The third-order valence-electron chi connectivity index (χ3n) is 1.93. The Morgan fingerprint density at radius 1 is 1.36 bits per heavy atom. The maximum Gasteiger partial charge on any atom is 0.256 e. The number of fused-ring (bicyclic) bond motifs is 1. The molecule has 0 radical (unpaired) electrons. The minimum Gasteiger partial charge on any atom is -0.313 e. The van der Waals surface area contributed by atoms with Crippen LogP contribution in [0.3, 0.4) is 0 Å². The molecule has 4 heteroatoms. The van der Waals surface area contributed by atoms with Gasteiger partial charge in [-0.3, -0.25) is 4.79 Å². The zero-order valence-corrected chi connectivity index (χ0v) is 8.63. The Morgan fingerprint density at radius 3 is 2.86 bits per heavy atom. The van der Waals surface area contributed by atoms with Crippen molar-refractivity contribution in [2.45, 2.75) is 0 Å². The van der Waals surface area contributed by atoms with Crippen LogP contribution in [-0.4, -0.2) is 4.98 Å². The number of H-pyrrole nitrogens is 1. The molecular weight excluding hydrogens is 244 g/mol. The van der Waals surface area contributed by atoms with Gasteiger partial charge in [-0.15, -0.1) is 0 Å². The SMILES string of the molecule is N#Cc1cc2ccc(Br)cc2c(=O)[nH]1. The lowest BCUT2D eigenvalue weighted by Gasteiger charge is -1.97. The van der Waals surface area contributed by atoms with E-state index in [1.165, 1.54) is 0 Å². The second kappa shape index (κ2) is 3.28. The molecule has 68 valence electrons. The van der Waals surface area contributed by atoms with E-state index in [2.05, 4.69) is 20.9 Å². The Labute approximate surface area is 88.1 Å². The summed E-state index contributed by atoms with van der Waals surface area (Å²) in [5, 5.41) is 10.0. The second-order valence-electron chi connectivity index (χ2n) is 2.86. The average Bonchev–Trinajstić information content (AvgIpc) is 2.19. The van der Waals surface area contributed by atoms with Gasteiger partial charge in [-0.2, -0.15) is 5.26 Å². The second-order valence-corrected chi connectivity index (χ2v) is 3.77. The number of benzene rings is 1. The molecular formula is C10H5BrN2O. The van der Waals surface area contributed by atoms with Crippen LogP contribution in [0.15, 0.2) is 33.5 Å². The average molecular weight is 249 g/mol. The highest BCUT2D eigenvalue weighted by Crippen LogP contribution is 2.16. The zero-order chi connectivity index (χ0) is 10.1. The Kier molecular flexibility index (Phi) is 2.10. The first kappa shape index (κ1) is 8.97. The number of halogens is 1. The molecule has 0 saturated carbocycles. The Balaban J connectivity index is 2.92. The number of nitrogens with zero attached hydrogens (tertiary/aromatic N) is 1. The number of aromatic nitrogens is 1. The maximum absolute atomic E-state index is 11.5. The van der Waals surface area contributed by atoms with E-state index in [1.54, 1.807) is 18.2 Å². The van der Waals surface area contributed by atoms with Crippen LogP contribution in [0.2, 0.25) is 0 Å². The van der Waals surface area contributed by atoms with Crippen molar-refractivity contribution in [1.29, 1.82) is 5.26 Å². The number of rotatable bonds is 0. The lowest BCUT2D eigenvalue weighted by atomic mass is 10.1. The molecule has 2 aromatic rings. The fourth-order valence-electron chi connectivity index (χ4n) is 1.29. The topological polar surface area (TPSA) is 56.6 Å². The number of aromatic amines is 1. The van der Waals surface area contributed by atoms with Crippen molar-refractivity contribution in [3.8, 4) is 6.07 Å². The normalized spacial score (nSPS) is 10.0. The highest BCUT2D eigenvalue weighted by molar-refractivity contribution is 9.10. The number of hydrogen-bond acceptors (Lipinski definition) is 2. The number of nitrogens with one attached hydrogen (secondary N) is 1. The van der Waals surface area contributed by atoms with Crippen LogP contribution >= 0.6 is 15.9 Å². The van der Waals surface area contributed by atoms with E-state index >= 15 is 0 Å². The molecule has 0 aliphatic heterocycles. The van der Waals surface area contributed by atoms with Gasteiger partial charge in [-0.1, -0.05) is 22.0 Å². The van der Waals surface area contributed by atoms with Gasteiger partial charge in [0, 0.05) is 9.86 Å². The van der Waals surface area contributed by atoms with Crippen molar-refractivity contribution in [2.24, 2.45) is 0 Å². The lowest BCUT2D eigenvalue weighted by Crippen LogP contribution is -2.07. The van der Waals surface area contributed by atoms with Crippen LogP contribution in [0, 0.1) is 11.3 Å². The summed E-state index contributed by atoms with van der Waals surface area (Å²) in [5.74, 6) is 0. The summed E-state index contributed by atoms with van der Waals surface area (Å²) in [6.45, 7) is 0. The van der Waals surface area contributed by atoms with E-state index < -0.39 is 0 Å². The minimum absolute atomic E-state index is 0.236. The van der Waals surface area contributed by atoms with Crippen molar-refractivity contribution < 1.29 is 0 Å².